The monoisotopic (exact) mass is 186 g/mol. The van der Waals surface area contributed by atoms with Crippen LogP contribution in [-0.4, -0.2) is 7.11 Å². The molecule has 0 aromatic heterocycles. The highest BCUT2D eigenvalue weighted by Crippen LogP contribution is 2.30. The lowest BCUT2D eigenvalue weighted by Gasteiger charge is -2.12. The van der Waals surface area contributed by atoms with Gasteiger partial charge in [0.15, 0.2) is 0 Å². The normalized spacial score (nSPS) is 11.5. The second-order valence-electron chi connectivity index (χ2n) is 3.07. The van der Waals surface area contributed by atoms with Gasteiger partial charge in [-0.3, -0.25) is 0 Å². The average molecular weight is 186 g/mol. The minimum absolute atomic E-state index is 0.0193. The van der Waals surface area contributed by atoms with Crippen LogP contribution < -0.4 is 4.74 Å². The van der Waals surface area contributed by atoms with Crippen molar-refractivity contribution in [2.45, 2.75) is 19.8 Å². The van der Waals surface area contributed by atoms with E-state index in [4.69, 9.17) is 4.74 Å². The smallest absolute Gasteiger partial charge is 0.270 e. The summed E-state index contributed by atoms with van der Waals surface area (Å²) in [5.41, 5.74) is 0.743. The van der Waals surface area contributed by atoms with Gasteiger partial charge < -0.3 is 4.74 Å². The van der Waals surface area contributed by atoms with Crippen LogP contribution in [0.1, 0.15) is 18.1 Å². The third kappa shape index (κ3) is 2.17. The van der Waals surface area contributed by atoms with Crippen LogP contribution in [0.2, 0.25) is 0 Å². The largest absolute Gasteiger partial charge is 0.496 e. The molecule has 0 radical (unpaired) electrons. The van der Waals surface area contributed by atoms with E-state index in [1.54, 1.807) is 13.0 Å². The lowest BCUT2D eigenvalue weighted by Crippen LogP contribution is -2.07. The van der Waals surface area contributed by atoms with Gasteiger partial charge in [0.05, 0.1) is 7.11 Å². The van der Waals surface area contributed by atoms with Gasteiger partial charge in [-0.15, -0.1) is 0 Å². The van der Waals surface area contributed by atoms with Crippen molar-refractivity contribution >= 4 is 0 Å². The fourth-order valence-corrected chi connectivity index (χ4v) is 1.15. The second kappa shape index (κ2) is 3.32. The minimum atomic E-state index is -2.78. The van der Waals surface area contributed by atoms with Crippen LogP contribution in [0, 0.1) is 6.92 Å². The fraction of sp³-hybridized carbons (Fsp3) is 0.400. The third-order valence-electron chi connectivity index (χ3n) is 1.90. The van der Waals surface area contributed by atoms with Gasteiger partial charge in [0.1, 0.15) is 5.75 Å². The zero-order valence-electron chi connectivity index (χ0n) is 7.90. The van der Waals surface area contributed by atoms with Crippen molar-refractivity contribution in [1.29, 1.82) is 0 Å². The Balaban J connectivity index is 3.10. The van der Waals surface area contributed by atoms with E-state index in [0.29, 0.717) is 5.75 Å². The molecule has 0 unspecified atom stereocenters. The Labute approximate surface area is 76.3 Å². The zero-order chi connectivity index (χ0) is 10.1. The predicted octanol–water partition coefficient (Wildman–Crippen LogP) is 3.12. The molecule has 0 heterocycles. The van der Waals surface area contributed by atoms with Crippen molar-refractivity contribution in [3.8, 4) is 5.75 Å². The molecule has 72 valence electrons. The molecule has 0 amide bonds. The molecule has 0 atom stereocenters. The Bertz CT molecular complexity index is 302. The zero-order valence-corrected chi connectivity index (χ0v) is 7.90. The maximum absolute atomic E-state index is 12.8. The van der Waals surface area contributed by atoms with Gasteiger partial charge >= 0.3 is 0 Å². The first-order chi connectivity index (χ1) is 5.95. The van der Waals surface area contributed by atoms with Crippen LogP contribution in [0.15, 0.2) is 18.2 Å². The molecule has 0 aliphatic heterocycles. The van der Waals surface area contributed by atoms with Crippen LogP contribution in [0.4, 0.5) is 8.78 Å². The number of hydrogen-bond acceptors (Lipinski definition) is 1. The molecule has 0 aliphatic rings. The number of alkyl halides is 2. The standard InChI is InChI=1S/C10H12F2O/c1-7-6-8(10(2,11)12)4-5-9(7)13-3/h4-6H,1-3H3. The number of aryl methyl sites for hydroxylation is 1. The summed E-state index contributed by atoms with van der Waals surface area (Å²) in [4.78, 5) is 0. The topological polar surface area (TPSA) is 9.23 Å². The minimum Gasteiger partial charge on any atom is -0.496 e. The molecule has 0 saturated carbocycles. The molecule has 1 rings (SSSR count). The van der Waals surface area contributed by atoms with E-state index in [1.807, 2.05) is 0 Å². The van der Waals surface area contributed by atoms with E-state index in [9.17, 15) is 8.78 Å². The summed E-state index contributed by atoms with van der Waals surface area (Å²) in [6.45, 7) is 2.63. The second-order valence-corrected chi connectivity index (χ2v) is 3.07. The van der Waals surface area contributed by atoms with Gasteiger partial charge in [-0.2, -0.15) is 0 Å². The number of methoxy groups -OCH3 is 1. The highest BCUT2D eigenvalue weighted by Gasteiger charge is 2.24. The van der Waals surface area contributed by atoms with Crippen molar-refractivity contribution in [1.82, 2.24) is 0 Å². The van der Waals surface area contributed by atoms with Crippen molar-refractivity contribution in [2.75, 3.05) is 7.11 Å². The first-order valence-corrected chi connectivity index (χ1v) is 3.98. The van der Waals surface area contributed by atoms with Crippen LogP contribution >= 0.6 is 0 Å². The Hall–Kier alpha value is -1.12. The molecule has 1 aromatic carbocycles. The molecule has 1 nitrogen and oxygen atoms in total. The van der Waals surface area contributed by atoms with Crippen LogP contribution in [-0.2, 0) is 5.92 Å². The summed E-state index contributed by atoms with van der Waals surface area (Å²) in [7, 11) is 1.52. The summed E-state index contributed by atoms with van der Waals surface area (Å²) in [5, 5.41) is 0. The molecular weight excluding hydrogens is 174 g/mol. The van der Waals surface area contributed by atoms with Gasteiger partial charge in [0, 0.05) is 12.5 Å². The van der Waals surface area contributed by atoms with Gasteiger partial charge in [-0.25, -0.2) is 8.78 Å². The van der Waals surface area contributed by atoms with E-state index in [0.717, 1.165) is 12.5 Å². The number of halogens is 2. The summed E-state index contributed by atoms with van der Waals surface area (Å²) in [6, 6.07) is 4.38. The summed E-state index contributed by atoms with van der Waals surface area (Å²) < 4.78 is 30.6. The molecule has 0 spiro atoms. The van der Waals surface area contributed by atoms with E-state index in [1.165, 1.54) is 19.2 Å². The molecule has 13 heavy (non-hydrogen) atoms. The number of hydrogen-bond donors (Lipinski definition) is 0. The molecule has 0 bridgehead atoms. The van der Waals surface area contributed by atoms with Gasteiger partial charge in [-0.1, -0.05) is 0 Å². The summed E-state index contributed by atoms with van der Waals surface area (Å²) >= 11 is 0. The highest BCUT2D eigenvalue weighted by atomic mass is 19.3. The van der Waals surface area contributed by atoms with Crippen LogP contribution in [0.3, 0.4) is 0 Å². The van der Waals surface area contributed by atoms with Gasteiger partial charge in [-0.05, 0) is 30.7 Å². The van der Waals surface area contributed by atoms with E-state index in [-0.39, 0.29) is 5.56 Å². The Morgan fingerprint density at radius 1 is 1.31 bits per heavy atom. The van der Waals surface area contributed by atoms with E-state index in [2.05, 4.69) is 0 Å². The number of ether oxygens (including phenoxy) is 1. The third-order valence-corrected chi connectivity index (χ3v) is 1.90. The molecular formula is C10H12F2O. The summed E-state index contributed by atoms with van der Waals surface area (Å²) in [5.74, 6) is -2.15. The van der Waals surface area contributed by atoms with Crippen LogP contribution in [0.25, 0.3) is 0 Å². The Morgan fingerprint density at radius 3 is 2.31 bits per heavy atom. The van der Waals surface area contributed by atoms with Gasteiger partial charge in [0.2, 0.25) is 0 Å². The Kier molecular flexibility index (Phi) is 2.55. The lowest BCUT2D eigenvalue weighted by atomic mass is 10.1. The van der Waals surface area contributed by atoms with Crippen molar-refractivity contribution in [2.24, 2.45) is 0 Å². The predicted molar refractivity (Wildman–Crippen MR) is 47.3 cm³/mol. The average Bonchev–Trinajstić information content (AvgIpc) is 2.02. The molecule has 0 saturated heterocycles. The van der Waals surface area contributed by atoms with Gasteiger partial charge in [0.25, 0.3) is 5.92 Å². The molecule has 0 N–H and O–H groups in total. The van der Waals surface area contributed by atoms with Crippen LogP contribution in [0.5, 0.6) is 5.75 Å². The van der Waals surface area contributed by atoms with E-state index < -0.39 is 5.92 Å². The number of rotatable bonds is 2. The fourth-order valence-electron chi connectivity index (χ4n) is 1.15. The first-order valence-electron chi connectivity index (χ1n) is 3.98. The van der Waals surface area contributed by atoms with Crippen molar-refractivity contribution in [3.63, 3.8) is 0 Å². The molecule has 0 aliphatic carbocycles. The highest BCUT2D eigenvalue weighted by molar-refractivity contribution is 5.37. The first kappa shape index (κ1) is 9.96. The maximum Gasteiger partial charge on any atom is 0.270 e. The Morgan fingerprint density at radius 2 is 1.92 bits per heavy atom. The van der Waals surface area contributed by atoms with E-state index >= 15 is 0 Å². The SMILES string of the molecule is COc1ccc(C(C)(F)F)cc1C. The van der Waals surface area contributed by atoms with Crippen molar-refractivity contribution in [3.05, 3.63) is 29.3 Å². The number of benzene rings is 1. The molecule has 3 heteroatoms. The summed E-state index contributed by atoms with van der Waals surface area (Å²) in [6.07, 6.45) is 0. The quantitative estimate of drug-likeness (QED) is 0.689. The molecule has 0 fully saturated rings. The van der Waals surface area contributed by atoms with Crippen molar-refractivity contribution < 1.29 is 13.5 Å². The maximum atomic E-state index is 12.8. The molecule has 1 aromatic rings. The lowest BCUT2D eigenvalue weighted by molar-refractivity contribution is 0.0174.